The smallest absolute Gasteiger partial charge is 0.206 e. The molecule has 0 aliphatic heterocycles. The number of benzene rings is 2. The minimum Gasteiger partial charge on any atom is -0.206 e. The zero-order chi connectivity index (χ0) is 21.3. The van der Waals surface area contributed by atoms with Gasteiger partial charge in [-0.15, -0.1) is 23.5 Å². The van der Waals surface area contributed by atoms with Gasteiger partial charge in [0.15, 0.2) is 0 Å². The van der Waals surface area contributed by atoms with Crippen LogP contribution in [0.2, 0.25) is 10.0 Å². The highest BCUT2D eigenvalue weighted by atomic mass is 35.5. The van der Waals surface area contributed by atoms with Crippen LogP contribution in [0.1, 0.15) is 0 Å². The van der Waals surface area contributed by atoms with E-state index in [1.807, 2.05) is 0 Å². The van der Waals surface area contributed by atoms with Gasteiger partial charge in [0, 0.05) is 20.9 Å². The Balaban J connectivity index is 2.45. The van der Waals surface area contributed by atoms with Gasteiger partial charge in [-0.05, 0) is 24.3 Å². The molecule has 0 aliphatic carbocycles. The number of thioether (sulfide) groups is 2. The molecule has 0 radical (unpaired) electrons. The van der Waals surface area contributed by atoms with Crippen LogP contribution in [0.4, 0.5) is 35.1 Å². The van der Waals surface area contributed by atoms with E-state index in [1.54, 1.807) is 0 Å². The van der Waals surface area contributed by atoms with Crippen LogP contribution < -0.4 is 0 Å². The lowest BCUT2D eigenvalue weighted by Crippen LogP contribution is -2.10. The van der Waals surface area contributed by atoms with Gasteiger partial charge in [0.2, 0.25) is 0 Å². The molecule has 154 valence electrons. The Labute approximate surface area is 172 Å². The second-order valence-electron chi connectivity index (χ2n) is 5.33. The summed E-state index contributed by atoms with van der Waals surface area (Å²) in [5.74, 6) is -4.72. The summed E-state index contributed by atoms with van der Waals surface area (Å²) in [6.45, 7) is 0. The first-order valence-corrected chi connectivity index (χ1v) is 9.87. The fourth-order valence-electron chi connectivity index (χ4n) is 2.01. The average molecular weight is 487 g/mol. The summed E-state index contributed by atoms with van der Waals surface area (Å²) in [6, 6.07) is 3.26. The van der Waals surface area contributed by atoms with Gasteiger partial charge in [0.1, 0.15) is 11.6 Å². The third-order valence-corrected chi connectivity index (χ3v) is 6.21. The minimum atomic E-state index is -4.52. The number of hydrogen-bond acceptors (Lipinski definition) is 2. The lowest BCUT2D eigenvalue weighted by Gasteiger charge is -2.13. The van der Waals surface area contributed by atoms with Crippen molar-refractivity contribution in [1.29, 1.82) is 0 Å². The molecule has 0 nitrogen and oxygen atoms in total. The van der Waals surface area contributed by atoms with Gasteiger partial charge in [-0.2, -0.15) is 26.3 Å². The molecular formula is C16H8Cl2F8S2. The number of halogens is 10. The quantitative estimate of drug-likeness (QED) is 0.308. The molecule has 0 spiro atoms. The van der Waals surface area contributed by atoms with Gasteiger partial charge >= 0.3 is 12.4 Å². The fraction of sp³-hybridized carbons (Fsp3) is 0.250. The number of hydrogen-bond donors (Lipinski definition) is 0. The Morgan fingerprint density at radius 1 is 0.643 bits per heavy atom. The number of alkyl halides is 6. The Kier molecular flexibility index (Phi) is 7.44. The van der Waals surface area contributed by atoms with Crippen LogP contribution in [-0.4, -0.2) is 23.9 Å². The van der Waals surface area contributed by atoms with Crippen LogP contribution in [0.15, 0.2) is 34.1 Å². The van der Waals surface area contributed by atoms with Crippen molar-refractivity contribution >= 4 is 46.7 Å². The number of rotatable bonds is 5. The van der Waals surface area contributed by atoms with E-state index in [4.69, 9.17) is 23.2 Å². The molecule has 0 fully saturated rings. The standard InChI is InChI=1S/C16H8Cl2F8S2/c17-9-3-11(19)7(1-13(9)27-5-15(21,22)23)8-2-14(10(18)4-12(8)20)28-6-16(24,25)26/h1-4H,5-6H2. The monoisotopic (exact) mass is 486 g/mol. The normalized spacial score (nSPS) is 12.5. The Morgan fingerprint density at radius 2 is 0.964 bits per heavy atom. The molecule has 0 atom stereocenters. The van der Waals surface area contributed by atoms with Crippen LogP contribution in [-0.2, 0) is 0 Å². The molecule has 2 aromatic carbocycles. The Bertz CT molecular complexity index is 794. The van der Waals surface area contributed by atoms with Crippen molar-refractivity contribution in [2.24, 2.45) is 0 Å². The largest absolute Gasteiger partial charge is 0.398 e. The highest BCUT2D eigenvalue weighted by molar-refractivity contribution is 7.99. The van der Waals surface area contributed by atoms with E-state index in [9.17, 15) is 35.1 Å². The van der Waals surface area contributed by atoms with Gasteiger partial charge in [-0.1, -0.05) is 23.2 Å². The molecule has 0 heterocycles. The first kappa shape index (κ1) is 23.4. The summed E-state index contributed by atoms with van der Waals surface area (Å²) in [5, 5.41) is -0.618. The molecule has 28 heavy (non-hydrogen) atoms. The predicted octanol–water partition coefficient (Wildman–Crippen LogP) is 8.25. The summed E-state index contributed by atoms with van der Waals surface area (Å²) in [6.07, 6.45) is -9.04. The van der Waals surface area contributed by atoms with E-state index in [0.29, 0.717) is 12.1 Å². The fourth-order valence-corrected chi connectivity index (χ4v) is 4.07. The van der Waals surface area contributed by atoms with Crippen LogP contribution >= 0.6 is 46.7 Å². The van der Waals surface area contributed by atoms with Crippen molar-refractivity contribution in [2.75, 3.05) is 11.5 Å². The highest BCUT2D eigenvalue weighted by Gasteiger charge is 2.29. The molecule has 12 heteroatoms. The maximum Gasteiger partial charge on any atom is 0.398 e. The summed E-state index contributed by atoms with van der Waals surface area (Å²) < 4.78 is 103. The molecule has 0 unspecified atom stereocenters. The average Bonchev–Trinajstić information content (AvgIpc) is 2.52. The van der Waals surface area contributed by atoms with Crippen molar-refractivity contribution in [2.45, 2.75) is 22.1 Å². The first-order chi connectivity index (χ1) is 12.8. The SMILES string of the molecule is Fc1cc(Cl)c(SCC(F)(F)F)cc1-c1cc(SCC(F)(F)F)c(Cl)cc1F. The van der Waals surface area contributed by atoms with E-state index < -0.39 is 46.6 Å². The van der Waals surface area contributed by atoms with E-state index in [1.165, 1.54) is 0 Å². The lowest BCUT2D eigenvalue weighted by atomic mass is 10.0. The van der Waals surface area contributed by atoms with Gasteiger partial charge in [-0.25, -0.2) is 8.78 Å². The van der Waals surface area contributed by atoms with Crippen molar-refractivity contribution in [3.63, 3.8) is 0 Å². The molecular weight excluding hydrogens is 479 g/mol. The van der Waals surface area contributed by atoms with Crippen LogP contribution in [0.5, 0.6) is 0 Å². The van der Waals surface area contributed by atoms with Crippen molar-refractivity contribution in [3.05, 3.63) is 45.9 Å². The van der Waals surface area contributed by atoms with E-state index in [-0.39, 0.29) is 43.4 Å². The maximum absolute atomic E-state index is 14.3. The third-order valence-electron chi connectivity index (χ3n) is 3.12. The Hall–Kier alpha value is -0.840. The van der Waals surface area contributed by atoms with E-state index >= 15 is 0 Å². The molecule has 0 aliphatic rings. The minimum absolute atomic E-state index is 0.158. The van der Waals surface area contributed by atoms with Gasteiger partial charge in [-0.3, -0.25) is 0 Å². The summed E-state index contributed by atoms with van der Waals surface area (Å²) in [4.78, 5) is -0.316. The molecule has 0 saturated carbocycles. The van der Waals surface area contributed by atoms with E-state index in [0.717, 1.165) is 12.1 Å². The molecule has 2 aromatic rings. The predicted molar refractivity (Wildman–Crippen MR) is 95.4 cm³/mol. The molecule has 0 aromatic heterocycles. The van der Waals surface area contributed by atoms with Crippen molar-refractivity contribution in [1.82, 2.24) is 0 Å². The van der Waals surface area contributed by atoms with E-state index in [2.05, 4.69) is 0 Å². The topological polar surface area (TPSA) is 0 Å². The maximum atomic E-state index is 14.3. The second kappa shape index (κ2) is 8.89. The van der Waals surface area contributed by atoms with Crippen molar-refractivity contribution < 1.29 is 35.1 Å². The molecule has 0 amide bonds. The van der Waals surface area contributed by atoms with Gasteiger partial charge < -0.3 is 0 Å². The summed E-state index contributed by atoms with van der Waals surface area (Å²) in [7, 11) is 0. The highest BCUT2D eigenvalue weighted by Crippen LogP contribution is 2.40. The van der Waals surface area contributed by atoms with Gasteiger partial charge in [0.25, 0.3) is 0 Å². The molecule has 0 bridgehead atoms. The molecule has 0 saturated heterocycles. The third kappa shape index (κ3) is 6.60. The van der Waals surface area contributed by atoms with Crippen LogP contribution in [0, 0.1) is 11.6 Å². The zero-order valence-electron chi connectivity index (χ0n) is 13.3. The Morgan fingerprint density at radius 3 is 1.25 bits per heavy atom. The first-order valence-electron chi connectivity index (χ1n) is 7.14. The molecule has 2 rings (SSSR count). The zero-order valence-corrected chi connectivity index (χ0v) is 16.5. The second-order valence-corrected chi connectivity index (χ2v) is 8.18. The van der Waals surface area contributed by atoms with Crippen LogP contribution in [0.25, 0.3) is 11.1 Å². The summed E-state index contributed by atoms with van der Waals surface area (Å²) in [5.41, 5.74) is -0.894. The lowest BCUT2D eigenvalue weighted by molar-refractivity contribution is -0.106. The van der Waals surface area contributed by atoms with Crippen molar-refractivity contribution in [3.8, 4) is 11.1 Å². The molecule has 0 N–H and O–H groups in total. The summed E-state index contributed by atoms with van der Waals surface area (Å²) >= 11 is 12.0. The van der Waals surface area contributed by atoms with Gasteiger partial charge in [0.05, 0.1) is 21.6 Å². The van der Waals surface area contributed by atoms with Crippen LogP contribution in [0.3, 0.4) is 0 Å².